The van der Waals surface area contributed by atoms with Crippen LogP contribution in [0.3, 0.4) is 0 Å². The average Bonchev–Trinajstić information content (AvgIpc) is 2.75. The van der Waals surface area contributed by atoms with Crippen LogP contribution in [0.25, 0.3) is 0 Å². The molecule has 3 aromatic rings. The quantitative estimate of drug-likeness (QED) is 0.316. The van der Waals surface area contributed by atoms with Crippen molar-refractivity contribution >= 4 is 42.3 Å². The molecule has 3 rings (SSSR count). The monoisotopic (exact) mass is 460 g/mol. The van der Waals surface area contributed by atoms with Gasteiger partial charge < -0.3 is 25.0 Å². The fourth-order valence-corrected chi connectivity index (χ4v) is 4.49. The van der Waals surface area contributed by atoms with Crippen LogP contribution in [0, 0.1) is 0 Å². The molecule has 162 valence electrons. The summed E-state index contributed by atoms with van der Waals surface area (Å²) in [4.78, 5) is 12.8. The molecule has 0 spiro atoms. The van der Waals surface area contributed by atoms with E-state index >= 15 is 0 Å². The van der Waals surface area contributed by atoms with Crippen LogP contribution in [0.2, 0.25) is 5.02 Å². The third kappa shape index (κ3) is 6.07. The van der Waals surface area contributed by atoms with E-state index in [2.05, 4.69) is 20.6 Å². The van der Waals surface area contributed by atoms with E-state index in [4.69, 9.17) is 21.1 Å². The van der Waals surface area contributed by atoms with Crippen molar-refractivity contribution in [2.24, 2.45) is 0 Å². The van der Waals surface area contributed by atoms with Gasteiger partial charge in [-0.25, -0.2) is 4.79 Å². The lowest BCUT2D eigenvalue weighted by Gasteiger charge is -2.23. The molecule has 31 heavy (non-hydrogen) atoms. The van der Waals surface area contributed by atoms with E-state index in [1.807, 2.05) is 12.1 Å². The Hall–Kier alpha value is -3.35. The lowest BCUT2D eigenvalue weighted by Crippen LogP contribution is -2.31. The Morgan fingerprint density at radius 2 is 1.35 bits per heavy atom. The highest BCUT2D eigenvalue weighted by Gasteiger charge is 2.26. The molecule has 4 N–H and O–H groups in total. The fraction of sp³-hybridized carbons (Fsp3) is 0.0952. The Balaban J connectivity index is 1.84. The summed E-state index contributed by atoms with van der Waals surface area (Å²) < 4.78 is 24.1. The van der Waals surface area contributed by atoms with E-state index in [9.17, 15) is 9.36 Å². The summed E-state index contributed by atoms with van der Waals surface area (Å²) in [5.41, 5.74) is 1.44. The molecular formula is C21H22ClN4O4P. The zero-order valence-electron chi connectivity index (χ0n) is 16.9. The summed E-state index contributed by atoms with van der Waals surface area (Å²) in [6.07, 6.45) is 0. The molecule has 2 amide bonds. The van der Waals surface area contributed by atoms with Gasteiger partial charge in [0.2, 0.25) is 0 Å². The largest absolute Gasteiger partial charge is 0.495 e. The lowest BCUT2D eigenvalue weighted by molar-refractivity contribution is 0.256. The zero-order chi connectivity index (χ0) is 22.3. The van der Waals surface area contributed by atoms with Gasteiger partial charge in [0, 0.05) is 23.5 Å². The summed E-state index contributed by atoms with van der Waals surface area (Å²) in [6.45, 7) is 0. The highest BCUT2D eigenvalue weighted by Crippen LogP contribution is 2.42. The van der Waals surface area contributed by atoms with E-state index in [-0.39, 0.29) is 0 Å². The number of urea groups is 1. The fourth-order valence-electron chi connectivity index (χ4n) is 2.72. The van der Waals surface area contributed by atoms with Gasteiger partial charge in [-0.15, -0.1) is 0 Å². The summed E-state index contributed by atoms with van der Waals surface area (Å²) in [5.74, 6) is 0.675. The topological polar surface area (TPSA) is 101 Å². The number of carbonyl (C=O) groups is 1. The second-order valence-corrected chi connectivity index (χ2v) is 8.61. The van der Waals surface area contributed by atoms with E-state index in [1.165, 1.54) is 26.4 Å². The highest BCUT2D eigenvalue weighted by atomic mass is 35.5. The molecule has 0 aliphatic rings. The number of anilines is 3. The van der Waals surface area contributed by atoms with Crippen molar-refractivity contribution < 1.29 is 18.8 Å². The van der Waals surface area contributed by atoms with Gasteiger partial charge in [-0.05, 0) is 24.3 Å². The van der Waals surface area contributed by atoms with Crippen molar-refractivity contribution in [1.82, 2.24) is 5.09 Å². The second-order valence-electron chi connectivity index (χ2n) is 6.32. The van der Waals surface area contributed by atoms with Gasteiger partial charge in [0.15, 0.2) is 0 Å². The standard InChI is InChI=1S/C21H22ClN4O4P/c1-29-19-14-18(20(30-2)13-17(19)22)23-21(27)26-31(28,24-15-9-5-3-6-10-15)25-16-11-7-4-8-12-16/h3-14H,1-2H3,(H4,23,24,25,26,27,28). The van der Waals surface area contributed by atoms with Gasteiger partial charge in [0.05, 0.1) is 24.9 Å². The molecular weight excluding hydrogens is 439 g/mol. The normalized spacial score (nSPS) is 10.7. The predicted octanol–water partition coefficient (Wildman–Crippen LogP) is 5.81. The van der Waals surface area contributed by atoms with E-state index in [0.29, 0.717) is 33.6 Å². The molecule has 0 aliphatic carbocycles. The number of ether oxygens (including phenoxy) is 2. The van der Waals surface area contributed by atoms with Gasteiger partial charge in [0.1, 0.15) is 11.5 Å². The maximum absolute atomic E-state index is 13.6. The minimum atomic E-state index is -3.67. The van der Waals surface area contributed by atoms with Crippen LogP contribution in [0.5, 0.6) is 11.5 Å². The minimum absolute atomic E-state index is 0.298. The number of rotatable bonds is 8. The summed E-state index contributed by atoms with van der Waals surface area (Å²) in [5, 5.41) is 11.2. The van der Waals surface area contributed by atoms with Crippen LogP contribution in [0.15, 0.2) is 72.8 Å². The number of hydrogen-bond acceptors (Lipinski definition) is 4. The van der Waals surface area contributed by atoms with Crippen molar-refractivity contribution in [2.75, 3.05) is 29.7 Å². The van der Waals surface area contributed by atoms with Crippen LogP contribution < -0.4 is 30.1 Å². The Labute approximate surface area is 185 Å². The Bertz CT molecular complexity index is 1040. The SMILES string of the molecule is COc1cc(NC(=O)NP(=O)(Nc2ccccc2)Nc2ccccc2)c(OC)cc1Cl. The smallest absolute Gasteiger partial charge is 0.356 e. The van der Waals surface area contributed by atoms with Gasteiger partial charge in [-0.2, -0.15) is 0 Å². The summed E-state index contributed by atoms with van der Waals surface area (Å²) in [7, 11) is -0.766. The number of hydrogen-bond donors (Lipinski definition) is 4. The first-order chi connectivity index (χ1) is 14.9. The molecule has 0 aromatic heterocycles. The van der Waals surface area contributed by atoms with Crippen LogP contribution >= 0.6 is 19.2 Å². The van der Waals surface area contributed by atoms with Crippen LogP contribution in [-0.2, 0) is 4.57 Å². The lowest BCUT2D eigenvalue weighted by atomic mass is 10.2. The first-order valence-electron chi connectivity index (χ1n) is 9.20. The first-order valence-corrected chi connectivity index (χ1v) is 11.3. The van der Waals surface area contributed by atoms with Crippen LogP contribution in [-0.4, -0.2) is 20.3 Å². The van der Waals surface area contributed by atoms with Gasteiger partial charge in [0.25, 0.3) is 0 Å². The molecule has 10 heteroatoms. The third-order valence-corrected chi connectivity index (χ3v) is 6.06. The van der Waals surface area contributed by atoms with Crippen molar-refractivity contribution in [1.29, 1.82) is 0 Å². The summed E-state index contributed by atoms with van der Waals surface area (Å²) >= 11 is 6.11. The van der Waals surface area contributed by atoms with Crippen molar-refractivity contribution in [3.05, 3.63) is 77.8 Å². The predicted molar refractivity (Wildman–Crippen MR) is 124 cm³/mol. The zero-order valence-corrected chi connectivity index (χ0v) is 18.5. The molecule has 0 unspecified atom stereocenters. The van der Waals surface area contributed by atoms with Crippen molar-refractivity contribution in [3.63, 3.8) is 0 Å². The molecule has 0 fully saturated rings. The minimum Gasteiger partial charge on any atom is -0.495 e. The molecule has 0 aliphatic heterocycles. The second kappa shape index (κ2) is 10.1. The van der Waals surface area contributed by atoms with Crippen molar-refractivity contribution in [2.45, 2.75) is 0 Å². The Morgan fingerprint density at radius 3 is 1.84 bits per heavy atom. The molecule has 0 saturated carbocycles. The number of carbonyl (C=O) groups excluding carboxylic acids is 1. The number of para-hydroxylation sites is 2. The number of benzene rings is 3. The molecule has 3 aromatic carbocycles. The first kappa shape index (κ1) is 22.3. The highest BCUT2D eigenvalue weighted by molar-refractivity contribution is 7.65. The van der Waals surface area contributed by atoms with Gasteiger partial charge in [-0.3, -0.25) is 9.65 Å². The third-order valence-electron chi connectivity index (χ3n) is 4.10. The van der Waals surface area contributed by atoms with E-state index in [0.717, 1.165) is 0 Å². The van der Waals surface area contributed by atoms with E-state index in [1.54, 1.807) is 48.5 Å². The molecule has 0 saturated heterocycles. The number of halogens is 1. The summed E-state index contributed by atoms with van der Waals surface area (Å²) in [6, 6.07) is 20.1. The number of methoxy groups -OCH3 is 2. The maximum atomic E-state index is 13.6. The Kier molecular flexibility index (Phi) is 7.28. The average molecular weight is 461 g/mol. The van der Waals surface area contributed by atoms with Crippen LogP contribution in [0.4, 0.5) is 21.9 Å². The Morgan fingerprint density at radius 1 is 0.839 bits per heavy atom. The molecule has 0 bridgehead atoms. The molecule has 0 atom stereocenters. The van der Waals surface area contributed by atoms with E-state index < -0.39 is 13.6 Å². The number of amides is 2. The van der Waals surface area contributed by atoms with Gasteiger partial charge in [-0.1, -0.05) is 48.0 Å². The van der Waals surface area contributed by atoms with Crippen molar-refractivity contribution in [3.8, 4) is 11.5 Å². The molecule has 0 heterocycles. The maximum Gasteiger partial charge on any atom is 0.356 e. The number of nitrogens with one attached hydrogen (secondary N) is 4. The van der Waals surface area contributed by atoms with Crippen LogP contribution in [0.1, 0.15) is 0 Å². The molecule has 8 nitrogen and oxygen atoms in total. The van der Waals surface area contributed by atoms with Gasteiger partial charge >= 0.3 is 13.6 Å². The molecule has 0 radical (unpaired) electrons.